The van der Waals surface area contributed by atoms with Crippen LogP contribution in [-0.2, 0) is 0 Å². The van der Waals surface area contributed by atoms with Gasteiger partial charge in [0.15, 0.2) is 0 Å². The van der Waals surface area contributed by atoms with E-state index in [4.69, 9.17) is 10.2 Å². The van der Waals surface area contributed by atoms with Crippen molar-refractivity contribution in [3.8, 4) is 0 Å². The summed E-state index contributed by atoms with van der Waals surface area (Å²) in [6, 6.07) is 0. The number of nitrogens with zero attached hydrogens (tertiary/aromatic N) is 1. The van der Waals surface area contributed by atoms with E-state index in [0.717, 1.165) is 25.9 Å². The Morgan fingerprint density at radius 1 is 0.824 bits per heavy atom. The molecule has 0 spiro atoms. The Morgan fingerprint density at radius 3 is 1.71 bits per heavy atom. The molecule has 0 aromatic rings. The van der Waals surface area contributed by atoms with E-state index in [0.29, 0.717) is 13.2 Å². The smallest absolute Gasteiger partial charge is 0.0434 e. The van der Waals surface area contributed by atoms with Crippen LogP contribution in [-0.4, -0.2) is 66.4 Å². The lowest BCUT2D eigenvalue weighted by atomic mass is 10.4. The molecule has 0 aliphatic carbocycles. The van der Waals surface area contributed by atoms with Crippen LogP contribution in [0.2, 0.25) is 0 Å². The Labute approximate surface area is 108 Å². The first-order valence-electron chi connectivity index (χ1n) is 6.94. The zero-order valence-corrected chi connectivity index (χ0v) is 12.5. The van der Waals surface area contributed by atoms with E-state index in [1.807, 2.05) is 0 Å². The zero-order valence-electron chi connectivity index (χ0n) is 11.6. The maximum atomic E-state index is 8.88. The van der Waals surface area contributed by atoms with Crippen molar-refractivity contribution >= 4 is 7.92 Å². The van der Waals surface area contributed by atoms with E-state index in [1.165, 1.54) is 31.5 Å². The number of rotatable bonds is 12. The van der Waals surface area contributed by atoms with Gasteiger partial charge < -0.3 is 15.1 Å². The molecule has 0 radical (unpaired) electrons. The second-order valence-corrected chi connectivity index (χ2v) is 7.06. The summed E-state index contributed by atoms with van der Waals surface area (Å²) >= 11 is 0. The summed E-state index contributed by atoms with van der Waals surface area (Å²) in [6.07, 6.45) is 6.77. The predicted octanol–water partition coefficient (Wildman–Crippen LogP) is 1.97. The van der Waals surface area contributed by atoms with Gasteiger partial charge in [0.1, 0.15) is 0 Å². The van der Waals surface area contributed by atoms with Crippen LogP contribution in [0.3, 0.4) is 0 Å². The fourth-order valence-corrected chi connectivity index (χ4v) is 4.42. The lowest BCUT2D eigenvalue weighted by Crippen LogP contribution is -2.24. The molecule has 3 nitrogen and oxygen atoms in total. The van der Waals surface area contributed by atoms with Crippen molar-refractivity contribution in [1.82, 2.24) is 4.90 Å². The van der Waals surface area contributed by atoms with Crippen LogP contribution in [0, 0.1) is 0 Å². The van der Waals surface area contributed by atoms with Crippen molar-refractivity contribution in [2.24, 2.45) is 0 Å². The van der Waals surface area contributed by atoms with Gasteiger partial charge in [0, 0.05) is 13.2 Å². The van der Waals surface area contributed by atoms with Crippen LogP contribution in [0.25, 0.3) is 0 Å². The van der Waals surface area contributed by atoms with Gasteiger partial charge >= 0.3 is 0 Å². The molecule has 17 heavy (non-hydrogen) atoms. The highest BCUT2D eigenvalue weighted by atomic mass is 31.1. The van der Waals surface area contributed by atoms with E-state index in [2.05, 4.69) is 18.7 Å². The summed E-state index contributed by atoms with van der Waals surface area (Å²) in [7, 11) is 0.0402. The van der Waals surface area contributed by atoms with E-state index >= 15 is 0 Å². The van der Waals surface area contributed by atoms with Crippen molar-refractivity contribution < 1.29 is 10.2 Å². The summed E-state index contributed by atoms with van der Waals surface area (Å²) in [6.45, 7) is 8.53. The third-order valence-electron chi connectivity index (χ3n) is 3.11. The van der Waals surface area contributed by atoms with Crippen molar-refractivity contribution in [1.29, 1.82) is 0 Å². The van der Waals surface area contributed by atoms with Crippen LogP contribution in [0.15, 0.2) is 0 Å². The molecule has 104 valence electrons. The molecule has 2 N–H and O–H groups in total. The van der Waals surface area contributed by atoms with Crippen LogP contribution in [0.5, 0.6) is 0 Å². The normalized spacial score (nSPS) is 11.6. The fraction of sp³-hybridized carbons (Fsp3) is 1.00. The molecular weight excluding hydrogens is 233 g/mol. The maximum Gasteiger partial charge on any atom is 0.0434 e. The summed E-state index contributed by atoms with van der Waals surface area (Å²) in [4.78, 5) is 2.46. The second kappa shape index (κ2) is 12.8. The fourth-order valence-electron chi connectivity index (χ4n) is 1.98. The maximum absolute atomic E-state index is 8.88. The Balaban J connectivity index is 3.72. The number of hydrogen-bond donors (Lipinski definition) is 2. The summed E-state index contributed by atoms with van der Waals surface area (Å²) in [5.74, 6) is 0. The molecule has 0 aliphatic rings. The third kappa shape index (κ3) is 9.96. The molecular formula is C13H30NO2P. The van der Waals surface area contributed by atoms with Crippen molar-refractivity contribution in [2.45, 2.75) is 33.1 Å². The van der Waals surface area contributed by atoms with Crippen LogP contribution in [0.4, 0.5) is 0 Å². The average molecular weight is 263 g/mol. The predicted molar refractivity (Wildman–Crippen MR) is 77.3 cm³/mol. The van der Waals surface area contributed by atoms with E-state index in [1.54, 1.807) is 0 Å². The first kappa shape index (κ1) is 17.3. The quantitative estimate of drug-likeness (QED) is 0.529. The number of aliphatic hydroxyl groups is 2. The highest BCUT2D eigenvalue weighted by molar-refractivity contribution is 7.57. The largest absolute Gasteiger partial charge is 0.396 e. The van der Waals surface area contributed by atoms with Gasteiger partial charge in [-0.2, -0.15) is 0 Å². The van der Waals surface area contributed by atoms with Crippen LogP contribution >= 0.6 is 7.92 Å². The van der Waals surface area contributed by atoms with Gasteiger partial charge in [0.25, 0.3) is 0 Å². The Bertz CT molecular complexity index is 146. The molecule has 0 saturated carbocycles. The molecule has 0 heterocycles. The first-order chi connectivity index (χ1) is 8.28. The van der Waals surface area contributed by atoms with Gasteiger partial charge in [-0.25, -0.2) is 0 Å². The average Bonchev–Trinajstić information content (AvgIpc) is 2.37. The molecule has 0 unspecified atom stereocenters. The van der Waals surface area contributed by atoms with E-state index in [9.17, 15) is 0 Å². The number of aliphatic hydroxyl groups excluding tert-OH is 2. The first-order valence-corrected chi connectivity index (χ1v) is 8.84. The zero-order chi connectivity index (χ0) is 12.9. The molecule has 0 aromatic heterocycles. The van der Waals surface area contributed by atoms with Gasteiger partial charge in [-0.3, -0.25) is 0 Å². The lowest BCUT2D eigenvalue weighted by Gasteiger charge is -2.21. The SMILES string of the molecule is CCN(CC)CCCP(CCCO)CCCO. The van der Waals surface area contributed by atoms with Gasteiger partial charge in [-0.05, 0) is 57.4 Å². The van der Waals surface area contributed by atoms with Gasteiger partial charge in [0.2, 0.25) is 0 Å². The minimum atomic E-state index is 0.0402. The van der Waals surface area contributed by atoms with Crippen LogP contribution < -0.4 is 0 Å². The Kier molecular flexibility index (Phi) is 13.0. The molecule has 0 saturated heterocycles. The third-order valence-corrected chi connectivity index (χ3v) is 5.95. The van der Waals surface area contributed by atoms with Crippen molar-refractivity contribution in [3.05, 3.63) is 0 Å². The topological polar surface area (TPSA) is 43.7 Å². The molecule has 4 heteroatoms. The highest BCUT2D eigenvalue weighted by Gasteiger charge is 2.08. The van der Waals surface area contributed by atoms with E-state index in [-0.39, 0.29) is 7.92 Å². The molecule has 0 rings (SSSR count). The van der Waals surface area contributed by atoms with Crippen molar-refractivity contribution in [3.63, 3.8) is 0 Å². The summed E-state index contributed by atoms with van der Waals surface area (Å²) in [5.41, 5.74) is 0. The van der Waals surface area contributed by atoms with Gasteiger partial charge in [-0.15, -0.1) is 7.92 Å². The standard InChI is InChI=1S/C13H30NO2P/c1-3-14(4-2)8-5-11-17(12-6-9-15)13-7-10-16/h15-16H,3-13H2,1-2H3. The molecule has 0 bridgehead atoms. The molecule has 0 atom stereocenters. The lowest BCUT2D eigenvalue weighted by molar-refractivity contribution is 0.294. The highest BCUT2D eigenvalue weighted by Crippen LogP contribution is 2.37. The Morgan fingerprint density at radius 2 is 1.29 bits per heavy atom. The van der Waals surface area contributed by atoms with E-state index < -0.39 is 0 Å². The van der Waals surface area contributed by atoms with Gasteiger partial charge in [0.05, 0.1) is 0 Å². The van der Waals surface area contributed by atoms with Gasteiger partial charge in [-0.1, -0.05) is 13.8 Å². The molecule has 0 amide bonds. The molecule has 0 aromatic carbocycles. The molecule has 0 fully saturated rings. The monoisotopic (exact) mass is 263 g/mol. The minimum absolute atomic E-state index is 0.0402. The summed E-state index contributed by atoms with van der Waals surface area (Å²) < 4.78 is 0. The van der Waals surface area contributed by atoms with Crippen molar-refractivity contribution in [2.75, 3.05) is 51.3 Å². The number of hydrogen-bond acceptors (Lipinski definition) is 3. The second-order valence-electron chi connectivity index (χ2n) is 4.38. The summed E-state index contributed by atoms with van der Waals surface area (Å²) in [5, 5.41) is 17.8. The Hall–Kier alpha value is 0.310. The van der Waals surface area contributed by atoms with Crippen LogP contribution in [0.1, 0.15) is 33.1 Å². The minimum Gasteiger partial charge on any atom is -0.396 e. The molecule has 0 aliphatic heterocycles.